The van der Waals surface area contributed by atoms with Crippen LogP contribution in [0, 0.1) is 6.92 Å². The number of benzene rings is 1. The Morgan fingerprint density at radius 2 is 2.00 bits per heavy atom. The molecule has 1 unspecified atom stereocenters. The highest BCUT2D eigenvalue weighted by atomic mass is 16.5. The zero-order valence-corrected chi connectivity index (χ0v) is 19.0. The number of nitrogens with one attached hydrogen (secondary N) is 2. The topological polar surface area (TPSA) is 88.3 Å². The van der Waals surface area contributed by atoms with Crippen molar-refractivity contribution in [1.29, 1.82) is 0 Å². The number of para-hydroxylation sites is 1. The van der Waals surface area contributed by atoms with Crippen molar-refractivity contribution in [2.75, 3.05) is 20.2 Å². The van der Waals surface area contributed by atoms with Crippen LogP contribution in [0.4, 0.5) is 0 Å². The zero-order chi connectivity index (χ0) is 22.3. The van der Waals surface area contributed by atoms with E-state index in [0.717, 1.165) is 35.7 Å². The first-order valence-corrected chi connectivity index (χ1v) is 11.1. The van der Waals surface area contributed by atoms with Crippen molar-refractivity contribution < 1.29 is 19.0 Å². The van der Waals surface area contributed by atoms with Gasteiger partial charge in [-0.2, -0.15) is 0 Å². The SMILES string of the molecule is CCNC(=NCc1cccc(OC)c1OC1CCCC1)NCC(C)(O)c1ccc(C)o1. The molecule has 0 amide bonds. The maximum Gasteiger partial charge on any atom is 0.191 e. The van der Waals surface area contributed by atoms with Gasteiger partial charge in [0.2, 0.25) is 0 Å². The summed E-state index contributed by atoms with van der Waals surface area (Å²) in [6.07, 6.45) is 4.80. The number of furan rings is 1. The molecule has 3 rings (SSSR count). The smallest absolute Gasteiger partial charge is 0.191 e. The largest absolute Gasteiger partial charge is 0.493 e. The first kappa shape index (κ1) is 23.0. The maximum atomic E-state index is 10.8. The Hall–Kier alpha value is -2.67. The molecule has 1 aromatic heterocycles. The fourth-order valence-electron chi connectivity index (χ4n) is 3.73. The third-order valence-corrected chi connectivity index (χ3v) is 5.49. The molecule has 2 aromatic rings. The fraction of sp³-hybridized carbons (Fsp3) is 0.542. The molecule has 1 heterocycles. The van der Waals surface area contributed by atoms with Gasteiger partial charge in [-0.05, 0) is 64.7 Å². The summed E-state index contributed by atoms with van der Waals surface area (Å²) in [6.45, 7) is 6.98. The fourth-order valence-corrected chi connectivity index (χ4v) is 3.73. The lowest BCUT2D eigenvalue weighted by atomic mass is 10.0. The summed E-state index contributed by atoms with van der Waals surface area (Å²) in [5.41, 5.74) is -0.186. The number of hydrogen-bond acceptors (Lipinski definition) is 5. The van der Waals surface area contributed by atoms with Crippen LogP contribution in [-0.4, -0.2) is 37.4 Å². The van der Waals surface area contributed by atoms with E-state index < -0.39 is 5.60 Å². The Kier molecular flexibility index (Phi) is 7.85. The minimum absolute atomic E-state index is 0.234. The predicted molar refractivity (Wildman–Crippen MR) is 122 cm³/mol. The number of aliphatic hydroxyl groups is 1. The van der Waals surface area contributed by atoms with E-state index in [1.165, 1.54) is 12.8 Å². The van der Waals surface area contributed by atoms with Gasteiger partial charge in [0.1, 0.15) is 17.1 Å². The molecule has 0 saturated heterocycles. The van der Waals surface area contributed by atoms with E-state index in [0.29, 0.717) is 24.8 Å². The van der Waals surface area contributed by atoms with Crippen LogP contribution in [-0.2, 0) is 12.1 Å². The van der Waals surface area contributed by atoms with E-state index in [-0.39, 0.29) is 12.6 Å². The molecule has 1 aromatic carbocycles. The normalized spacial score (nSPS) is 16.7. The van der Waals surface area contributed by atoms with Gasteiger partial charge in [0.15, 0.2) is 17.5 Å². The van der Waals surface area contributed by atoms with E-state index in [1.54, 1.807) is 20.1 Å². The van der Waals surface area contributed by atoms with Crippen LogP contribution in [0.3, 0.4) is 0 Å². The molecule has 1 fully saturated rings. The average Bonchev–Trinajstić information content (AvgIpc) is 3.43. The predicted octanol–water partition coefficient (Wildman–Crippen LogP) is 3.88. The van der Waals surface area contributed by atoms with Gasteiger partial charge in [0.05, 0.1) is 26.3 Å². The molecule has 7 nitrogen and oxygen atoms in total. The third-order valence-electron chi connectivity index (χ3n) is 5.49. The molecule has 170 valence electrons. The average molecular weight is 430 g/mol. The third kappa shape index (κ3) is 6.17. The van der Waals surface area contributed by atoms with E-state index in [4.69, 9.17) is 18.9 Å². The van der Waals surface area contributed by atoms with Crippen molar-refractivity contribution in [3.05, 3.63) is 47.4 Å². The van der Waals surface area contributed by atoms with Gasteiger partial charge in [-0.25, -0.2) is 4.99 Å². The highest BCUT2D eigenvalue weighted by molar-refractivity contribution is 5.79. The summed E-state index contributed by atoms with van der Waals surface area (Å²) in [5, 5.41) is 17.2. The lowest BCUT2D eigenvalue weighted by Crippen LogP contribution is -2.44. The van der Waals surface area contributed by atoms with Crippen molar-refractivity contribution >= 4 is 5.96 Å². The van der Waals surface area contributed by atoms with Gasteiger partial charge in [-0.3, -0.25) is 0 Å². The van der Waals surface area contributed by atoms with Gasteiger partial charge >= 0.3 is 0 Å². The molecule has 1 atom stereocenters. The van der Waals surface area contributed by atoms with Gasteiger partial charge < -0.3 is 29.6 Å². The van der Waals surface area contributed by atoms with E-state index in [2.05, 4.69) is 10.6 Å². The van der Waals surface area contributed by atoms with Gasteiger partial charge in [0, 0.05) is 12.1 Å². The van der Waals surface area contributed by atoms with Crippen molar-refractivity contribution in [2.24, 2.45) is 4.99 Å². The van der Waals surface area contributed by atoms with Crippen molar-refractivity contribution in [2.45, 2.75) is 64.7 Å². The molecular weight excluding hydrogens is 394 g/mol. The molecule has 3 N–H and O–H groups in total. The first-order valence-electron chi connectivity index (χ1n) is 11.1. The number of aliphatic imine (C=N–C) groups is 1. The second kappa shape index (κ2) is 10.6. The molecule has 0 aliphatic heterocycles. The minimum Gasteiger partial charge on any atom is -0.493 e. The Labute approximate surface area is 184 Å². The second-order valence-corrected chi connectivity index (χ2v) is 8.21. The number of hydrogen-bond donors (Lipinski definition) is 3. The molecule has 0 radical (unpaired) electrons. The standard InChI is InChI=1S/C24H35N3O4/c1-5-25-23(27-16-24(3,28)21-14-13-17(2)30-21)26-15-18-9-8-12-20(29-4)22(18)31-19-10-6-7-11-19/h8-9,12-14,19,28H,5-7,10-11,15-16H2,1-4H3,(H2,25,26,27). The molecule has 0 spiro atoms. The van der Waals surface area contributed by atoms with Gasteiger partial charge in [0.25, 0.3) is 0 Å². The summed E-state index contributed by atoms with van der Waals surface area (Å²) >= 11 is 0. The first-order chi connectivity index (χ1) is 14.9. The lowest BCUT2D eigenvalue weighted by molar-refractivity contribution is 0.0378. The molecule has 0 bridgehead atoms. The number of aryl methyl sites for hydroxylation is 1. The minimum atomic E-state index is -1.16. The molecule has 1 aliphatic carbocycles. The summed E-state index contributed by atoms with van der Waals surface area (Å²) in [4.78, 5) is 4.71. The Morgan fingerprint density at radius 3 is 2.65 bits per heavy atom. The lowest BCUT2D eigenvalue weighted by Gasteiger charge is -2.23. The highest BCUT2D eigenvalue weighted by Gasteiger charge is 2.27. The summed E-state index contributed by atoms with van der Waals surface area (Å²) in [6, 6.07) is 9.53. The monoisotopic (exact) mass is 429 g/mol. The molecular formula is C24H35N3O4. The number of nitrogens with zero attached hydrogens (tertiary/aromatic N) is 1. The number of guanidine groups is 1. The van der Waals surface area contributed by atoms with Crippen LogP contribution in [0.15, 0.2) is 39.7 Å². The Bertz CT molecular complexity index is 869. The number of ether oxygens (including phenoxy) is 2. The van der Waals surface area contributed by atoms with E-state index in [9.17, 15) is 5.11 Å². The van der Waals surface area contributed by atoms with E-state index >= 15 is 0 Å². The molecule has 1 saturated carbocycles. The van der Waals surface area contributed by atoms with Crippen LogP contribution in [0.25, 0.3) is 0 Å². The molecule has 7 heteroatoms. The Balaban J connectivity index is 1.72. The highest BCUT2D eigenvalue weighted by Crippen LogP contribution is 2.35. The quantitative estimate of drug-likeness (QED) is 0.414. The van der Waals surface area contributed by atoms with Crippen LogP contribution in [0.5, 0.6) is 11.5 Å². The van der Waals surface area contributed by atoms with Crippen LogP contribution < -0.4 is 20.1 Å². The summed E-state index contributed by atoms with van der Waals surface area (Å²) in [5.74, 6) is 3.40. The summed E-state index contributed by atoms with van der Waals surface area (Å²) in [7, 11) is 1.66. The van der Waals surface area contributed by atoms with Gasteiger partial charge in [-0.1, -0.05) is 12.1 Å². The maximum absolute atomic E-state index is 10.8. The summed E-state index contributed by atoms with van der Waals surface area (Å²) < 4.78 is 17.4. The van der Waals surface area contributed by atoms with Crippen LogP contribution in [0.1, 0.15) is 56.6 Å². The van der Waals surface area contributed by atoms with Crippen molar-refractivity contribution in [3.8, 4) is 11.5 Å². The molecule has 1 aliphatic rings. The van der Waals surface area contributed by atoms with E-state index in [1.807, 2.05) is 38.1 Å². The van der Waals surface area contributed by atoms with Crippen molar-refractivity contribution in [3.63, 3.8) is 0 Å². The van der Waals surface area contributed by atoms with Gasteiger partial charge in [-0.15, -0.1) is 0 Å². The molecule has 31 heavy (non-hydrogen) atoms. The van der Waals surface area contributed by atoms with Crippen LogP contribution in [0.2, 0.25) is 0 Å². The number of methoxy groups -OCH3 is 1. The second-order valence-electron chi connectivity index (χ2n) is 8.21. The Morgan fingerprint density at radius 1 is 1.23 bits per heavy atom. The van der Waals surface area contributed by atoms with Crippen LogP contribution >= 0.6 is 0 Å². The number of rotatable bonds is 9. The zero-order valence-electron chi connectivity index (χ0n) is 19.0. The van der Waals surface area contributed by atoms with Crippen molar-refractivity contribution in [1.82, 2.24) is 10.6 Å².